The molecule has 112 valence electrons. The third-order valence-electron chi connectivity index (χ3n) is 4.99. The first-order chi connectivity index (χ1) is 10.1. The Hall–Kier alpha value is -1.68. The maximum Gasteiger partial charge on any atom is 0.261 e. The van der Waals surface area contributed by atoms with E-state index >= 15 is 0 Å². The number of nitrogens with zero attached hydrogens (tertiary/aromatic N) is 3. The van der Waals surface area contributed by atoms with Crippen LogP contribution >= 0.6 is 0 Å². The second kappa shape index (κ2) is 5.60. The minimum atomic E-state index is 0.0419. The van der Waals surface area contributed by atoms with Crippen LogP contribution < -0.4 is 5.56 Å². The summed E-state index contributed by atoms with van der Waals surface area (Å²) in [5, 5.41) is 0.693. The van der Waals surface area contributed by atoms with Gasteiger partial charge in [0.05, 0.1) is 17.4 Å². The Kier molecular flexibility index (Phi) is 3.81. The normalized spacial score (nSPS) is 17.1. The summed E-state index contributed by atoms with van der Waals surface area (Å²) in [6.07, 6.45) is 4.01. The van der Waals surface area contributed by atoms with Crippen LogP contribution in [-0.2, 0) is 13.6 Å². The van der Waals surface area contributed by atoms with E-state index in [9.17, 15) is 4.79 Å². The molecule has 0 amide bonds. The summed E-state index contributed by atoms with van der Waals surface area (Å²) in [5.41, 5.74) is 0.834. The molecular weight excluding hydrogens is 262 g/mol. The molecule has 0 bridgehead atoms. The first-order valence-electron chi connectivity index (χ1n) is 7.73. The number of aromatic nitrogens is 2. The summed E-state index contributed by atoms with van der Waals surface area (Å²) in [4.78, 5) is 19.4. The maximum absolute atomic E-state index is 12.4. The number of rotatable bonds is 4. The monoisotopic (exact) mass is 285 g/mol. The second-order valence-electron chi connectivity index (χ2n) is 6.26. The highest BCUT2D eigenvalue weighted by molar-refractivity contribution is 5.77. The van der Waals surface area contributed by atoms with Gasteiger partial charge in [0.15, 0.2) is 0 Å². The summed E-state index contributed by atoms with van der Waals surface area (Å²) >= 11 is 0. The summed E-state index contributed by atoms with van der Waals surface area (Å²) in [7, 11) is 3.95. The molecule has 2 aromatic rings. The highest BCUT2D eigenvalue weighted by atomic mass is 16.1. The van der Waals surface area contributed by atoms with Crippen LogP contribution in [-0.4, -0.2) is 27.5 Å². The Morgan fingerprint density at radius 1 is 1.38 bits per heavy atom. The van der Waals surface area contributed by atoms with Crippen molar-refractivity contribution in [1.82, 2.24) is 14.5 Å². The van der Waals surface area contributed by atoms with Crippen LogP contribution in [0.4, 0.5) is 0 Å². The van der Waals surface area contributed by atoms with Crippen molar-refractivity contribution in [1.29, 1.82) is 0 Å². The topological polar surface area (TPSA) is 38.1 Å². The van der Waals surface area contributed by atoms with Crippen LogP contribution in [0.25, 0.3) is 10.9 Å². The molecule has 4 nitrogen and oxygen atoms in total. The summed E-state index contributed by atoms with van der Waals surface area (Å²) < 4.78 is 1.69. The fraction of sp³-hybridized carbons (Fsp3) is 0.529. The van der Waals surface area contributed by atoms with Gasteiger partial charge < -0.3 is 0 Å². The van der Waals surface area contributed by atoms with E-state index in [-0.39, 0.29) is 5.56 Å². The lowest BCUT2D eigenvalue weighted by molar-refractivity contribution is 0.123. The van der Waals surface area contributed by atoms with Crippen molar-refractivity contribution in [3.8, 4) is 0 Å². The van der Waals surface area contributed by atoms with Crippen molar-refractivity contribution >= 4 is 10.9 Å². The maximum atomic E-state index is 12.4. The largest absolute Gasteiger partial charge is 0.298 e. The standard InChI is InChI=1S/C17H23N3O/c1-12(13-7-6-8-13)19(2)11-16-18-15-10-5-4-9-14(15)17(21)20(16)3/h4-5,9-10,12-13H,6-8,11H2,1-3H3. The van der Waals surface area contributed by atoms with Crippen LogP contribution in [0.5, 0.6) is 0 Å². The lowest BCUT2D eigenvalue weighted by atomic mass is 9.80. The second-order valence-corrected chi connectivity index (χ2v) is 6.26. The highest BCUT2D eigenvalue weighted by Gasteiger charge is 2.27. The van der Waals surface area contributed by atoms with Crippen molar-refractivity contribution < 1.29 is 0 Å². The summed E-state index contributed by atoms with van der Waals surface area (Å²) in [6, 6.07) is 8.11. The van der Waals surface area contributed by atoms with Crippen LogP contribution in [0.2, 0.25) is 0 Å². The molecule has 1 unspecified atom stereocenters. The molecule has 1 aliphatic carbocycles. The van der Waals surface area contributed by atoms with Crippen LogP contribution in [0.1, 0.15) is 32.0 Å². The van der Waals surface area contributed by atoms with Gasteiger partial charge in [-0.05, 0) is 44.9 Å². The third kappa shape index (κ3) is 2.60. The van der Waals surface area contributed by atoms with Gasteiger partial charge in [-0.25, -0.2) is 4.98 Å². The molecule has 0 spiro atoms. The summed E-state index contributed by atoms with van der Waals surface area (Å²) in [6.45, 7) is 3.00. The van der Waals surface area contributed by atoms with Crippen LogP contribution in [0.3, 0.4) is 0 Å². The Morgan fingerprint density at radius 2 is 2.10 bits per heavy atom. The van der Waals surface area contributed by atoms with E-state index in [1.165, 1.54) is 19.3 Å². The van der Waals surface area contributed by atoms with Gasteiger partial charge in [0.2, 0.25) is 0 Å². The molecule has 1 fully saturated rings. The van der Waals surface area contributed by atoms with Gasteiger partial charge in [-0.1, -0.05) is 18.6 Å². The van der Waals surface area contributed by atoms with Gasteiger partial charge in [-0.15, -0.1) is 0 Å². The molecule has 21 heavy (non-hydrogen) atoms. The number of para-hydroxylation sites is 1. The number of hydrogen-bond acceptors (Lipinski definition) is 3. The minimum absolute atomic E-state index is 0.0419. The van der Waals surface area contributed by atoms with Crippen molar-refractivity contribution in [3.63, 3.8) is 0 Å². The lowest BCUT2D eigenvalue weighted by Crippen LogP contribution is -2.39. The highest BCUT2D eigenvalue weighted by Crippen LogP contribution is 2.31. The van der Waals surface area contributed by atoms with E-state index in [1.807, 2.05) is 31.3 Å². The Labute approximate surface area is 125 Å². The molecule has 1 aromatic carbocycles. The van der Waals surface area contributed by atoms with E-state index in [0.29, 0.717) is 18.0 Å². The van der Waals surface area contributed by atoms with Gasteiger partial charge in [0.1, 0.15) is 5.82 Å². The molecule has 0 N–H and O–H groups in total. The predicted octanol–water partition coefficient (Wildman–Crippen LogP) is 2.55. The van der Waals surface area contributed by atoms with Gasteiger partial charge in [0.25, 0.3) is 5.56 Å². The molecule has 1 atom stereocenters. The molecule has 1 saturated carbocycles. The Balaban J connectivity index is 1.89. The fourth-order valence-corrected chi connectivity index (χ4v) is 3.05. The molecule has 1 aliphatic rings. The Morgan fingerprint density at radius 3 is 2.76 bits per heavy atom. The van der Waals surface area contributed by atoms with Crippen molar-refractivity contribution in [2.75, 3.05) is 7.05 Å². The van der Waals surface area contributed by atoms with Crippen molar-refractivity contribution in [3.05, 3.63) is 40.4 Å². The molecular formula is C17H23N3O. The first kappa shape index (κ1) is 14.3. The average molecular weight is 285 g/mol. The van der Waals surface area contributed by atoms with Crippen molar-refractivity contribution in [2.45, 2.75) is 38.8 Å². The molecule has 1 aromatic heterocycles. The number of hydrogen-bond donors (Lipinski definition) is 0. The molecule has 1 heterocycles. The third-order valence-corrected chi connectivity index (χ3v) is 4.99. The quantitative estimate of drug-likeness (QED) is 0.866. The van der Waals surface area contributed by atoms with Crippen molar-refractivity contribution in [2.24, 2.45) is 13.0 Å². The molecule has 4 heteroatoms. The van der Waals surface area contributed by atoms with E-state index in [2.05, 4.69) is 23.9 Å². The minimum Gasteiger partial charge on any atom is -0.298 e. The van der Waals surface area contributed by atoms with Crippen LogP contribution in [0.15, 0.2) is 29.1 Å². The van der Waals surface area contributed by atoms with E-state index < -0.39 is 0 Å². The van der Waals surface area contributed by atoms with Gasteiger partial charge in [0, 0.05) is 13.1 Å². The SMILES string of the molecule is CC(C1CCC1)N(C)Cc1nc2ccccc2c(=O)n1C. The van der Waals surface area contributed by atoms with E-state index in [0.717, 1.165) is 17.3 Å². The number of fused-ring (bicyclic) bond motifs is 1. The van der Waals surface area contributed by atoms with E-state index in [1.54, 1.807) is 4.57 Å². The smallest absolute Gasteiger partial charge is 0.261 e. The Bertz CT molecular complexity index is 703. The first-order valence-corrected chi connectivity index (χ1v) is 7.73. The molecule has 0 radical (unpaired) electrons. The zero-order valence-corrected chi connectivity index (χ0v) is 13.0. The molecule has 0 aliphatic heterocycles. The average Bonchev–Trinajstić information content (AvgIpc) is 2.42. The lowest BCUT2D eigenvalue weighted by Gasteiger charge is -2.37. The zero-order valence-electron chi connectivity index (χ0n) is 13.0. The zero-order chi connectivity index (χ0) is 15.0. The summed E-state index contributed by atoms with van der Waals surface area (Å²) in [5.74, 6) is 1.64. The molecule has 3 rings (SSSR count). The van der Waals surface area contributed by atoms with Gasteiger partial charge in [-0.2, -0.15) is 0 Å². The fourth-order valence-electron chi connectivity index (χ4n) is 3.05. The molecule has 0 saturated heterocycles. The van der Waals surface area contributed by atoms with Gasteiger partial charge >= 0.3 is 0 Å². The van der Waals surface area contributed by atoms with E-state index in [4.69, 9.17) is 0 Å². The number of benzene rings is 1. The van der Waals surface area contributed by atoms with Gasteiger partial charge in [-0.3, -0.25) is 14.3 Å². The van der Waals surface area contributed by atoms with Crippen LogP contribution in [0, 0.1) is 5.92 Å². The predicted molar refractivity (Wildman–Crippen MR) is 85.3 cm³/mol.